The molecule has 0 unspecified atom stereocenters. The zero-order valence-corrected chi connectivity index (χ0v) is 14.8. The number of hydrogen-bond donors (Lipinski definition) is 4. The van der Waals surface area contributed by atoms with Crippen molar-refractivity contribution < 1.29 is 9.59 Å². The third-order valence-corrected chi connectivity index (χ3v) is 4.12. The number of halogens is 4. The van der Waals surface area contributed by atoms with E-state index in [1.807, 2.05) is 0 Å². The van der Waals surface area contributed by atoms with Crippen molar-refractivity contribution in [2.75, 3.05) is 10.6 Å². The maximum absolute atomic E-state index is 11.7. The Morgan fingerprint density at radius 3 is 1.33 bits per heavy atom. The van der Waals surface area contributed by atoms with Crippen LogP contribution in [0.4, 0.5) is 21.0 Å². The molecule has 0 aliphatic heterocycles. The van der Waals surface area contributed by atoms with Gasteiger partial charge >= 0.3 is 12.1 Å². The van der Waals surface area contributed by atoms with Gasteiger partial charge in [-0.25, -0.2) is 20.4 Å². The summed E-state index contributed by atoms with van der Waals surface area (Å²) >= 11 is 23.2. The smallest absolute Gasteiger partial charge is 0.307 e. The number of anilines is 2. The van der Waals surface area contributed by atoms with Crippen molar-refractivity contribution >= 4 is 69.8 Å². The van der Waals surface area contributed by atoms with Crippen LogP contribution in [0, 0.1) is 0 Å². The predicted octanol–water partition coefficient (Wildman–Crippen LogP) is 5.16. The molecule has 126 valence electrons. The molecule has 0 fully saturated rings. The fourth-order valence-corrected chi connectivity index (χ4v) is 2.18. The molecule has 0 aliphatic rings. The maximum Gasteiger partial charge on any atom is 0.337 e. The van der Waals surface area contributed by atoms with Gasteiger partial charge in [0.2, 0.25) is 0 Å². The second kappa shape index (κ2) is 8.30. The van der Waals surface area contributed by atoms with Crippen LogP contribution in [-0.4, -0.2) is 12.1 Å². The Bertz CT molecular complexity index is 720. The van der Waals surface area contributed by atoms with Crippen LogP contribution in [0.5, 0.6) is 0 Å². The quantitative estimate of drug-likeness (QED) is 0.518. The van der Waals surface area contributed by atoms with Crippen LogP contribution in [0.3, 0.4) is 0 Å². The van der Waals surface area contributed by atoms with Crippen molar-refractivity contribution in [3.63, 3.8) is 0 Å². The zero-order chi connectivity index (χ0) is 17.7. The number of amides is 4. The lowest BCUT2D eigenvalue weighted by molar-refractivity contribution is 0.237. The van der Waals surface area contributed by atoms with Crippen molar-refractivity contribution in [3.05, 3.63) is 56.5 Å². The first-order chi connectivity index (χ1) is 11.3. The molecule has 6 nitrogen and oxygen atoms in total. The summed E-state index contributed by atoms with van der Waals surface area (Å²) < 4.78 is 0. The molecule has 4 N–H and O–H groups in total. The Morgan fingerprint density at radius 2 is 1.00 bits per heavy atom. The monoisotopic (exact) mass is 406 g/mol. The van der Waals surface area contributed by atoms with E-state index in [0.29, 0.717) is 31.5 Å². The number of rotatable bonds is 2. The molecule has 10 heteroatoms. The summed E-state index contributed by atoms with van der Waals surface area (Å²) in [5, 5.41) is 6.25. The summed E-state index contributed by atoms with van der Waals surface area (Å²) in [6.07, 6.45) is 0. The van der Waals surface area contributed by atoms with Crippen molar-refractivity contribution in [3.8, 4) is 0 Å². The van der Waals surface area contributed by atoms with Crippen LogP contribution in [0.15, 0.2) is 36.4 Å². The number of hydrazine groups is 1. The summed E-state index contributed by atoms with van der Waals surface area (Å²) in [5.74, 6) is 0. The van der Waals surface area contributed by atoms with E-state index < -0.39 is 12.1 Å². The maximum atomic E-state index is 11.7. The van der Waals surface area contributed by atoms with Crippen molar-refractivity contribution in [1.82, 2.24) is 10.9 Å². The van der Waals surface area contributed by atoms with E-state index in [0.717, 1.165) is 0 Å². The van der Waals surface area contributed by atoms with Crippen LogP contribution in [-0.2, 0) is 0 Å². The number of urea groups is 2. The first kappa shape index (κ1) is 18.5. The molecule has 0 saturated carbocycles. The number of carbonyl (C=O) groups is 2. The second-order valence-electron chi connectivity index (χ2n) is 4.42. The molecule has 0 heterocycles. The molecule has 2 rings (SSSR count). The molecule has 0 saturated heterocycles. The van der Waals surface area contributed by atoms with E-state index in [1.165, 1.54) is 24.3 Å². The highest BCUT2D eigenvalue weighted by Gasteiger charge is 2.07. The van der Waals surface area contributed by atoms with E-state index in [1.54, 1.807) is 12.1 Å². The van der Waals surface area contributed by atoms with Gasteiger partial charge < -0.3 is 10.6 Å². The van der Waals surface area contributed by atoms with E-state index in [9.17, 15) is 9.59 Å². The molecule has 0 bridgehead atoms. The zero-order valence-electron chi connectivity index (χ0n) is 11.8. The van der Waals surface area contributed by atoms with Gasteiger partial charge in [0.25, 0.3) is 0 Å². The van der Waals surface area contributed by atoms with E-state index in [-0.39, 0.29) is 0 Å². The molecule has 0 spiro atoms. The first-order valence-corrected chi connectivity index (χ1v) is 7.90. The molecule has 0 atom stereocenters. The predicted molar refractivity (Wildman–Crippen MR) is 97.2 cm³/mol. The van der Waals surface area contributed by atoms with Crippen LogP contribution < -0.4 is 21.5 Å². The molecule has 2 aromatic rings. The lowest BCUT2D eigenvalue weighted by Gasteiger charge is -2.11. The molecule has 0 aliphatic carbocycles. The van der Waals surface area contributed by atoms with E-state index in [4.69, 9.17) is 46.4 Å². The average Bonchev–Trinajstić information content (AvgIpc) is 2.53. The van der Waals surface area contributed by atoms with Crippen LogP contribution >= 0.6 is 46.4 Å². The number of carbonyl (C=O) groups excluding carboxylic acids is 2. The third kappa shape index (κ3) is 5.35. The second-order valence-corrected chi connectivity index (χ2v) is 6.04. The van der Waals surface area contributed by atoms with E-state index in [2.05, 4.69) is 21.5 Å². The number of nitrogens with one attached hydrogen (secondary N) is 4. The van der Waals surface area contributed by atoms with Gasteiger partial charge in [-0.15, -0.1) is 0 Å². The topological polar surface area (TPSA) is 82.3 Å². The molecule has 4 amide bonds. The van der Waals surface area contributed by atoms with Gasteiger partial charge in [-0.2, -0.15) is 0 Å². The fourth-order valence-electron chi connectivity index (χ4n) is 1.59. The number of benzene rings is 2. The Balaban J connectivity index is 1.83. The lowest BCUT2D eigenvalue weighted by atomic mass is 10.3. The Hall–Kier alpha value is -1.86. The van der Waals surface area contributed by atoms with Crippen molar-refractivity contribution in [1.29, 1.82) is 0 Å². The summed E-state index contributed by atoms with van der Waals surface area (Å²) in [7, 11) is 0. The largest absolute Gasteiger partial charge is 0.337 e. The van der Waals surface area contributed by atoms with Gasteiger partial charge in [0, 0.05) is 11.4 Å². The van der Waals surface area contributed by atoms with Gasteiger partial charge in [-0.05, 0) is 36.4 Å². The summed E-state index contributed by atoms with van der Waals surface area (Å²) in [6.45, 7) is 0. The van der Waals surface area contributed by atoms with Gasteiger partial charge in [0.1, 0.15) is 0 Å². The molecular weight excluding hydrogens is 398 g/mol. The van der Waals surface area contributed by atoms with Crippen LogP contribution in [0.25, 0.3) is 0 Å². The number of hydrogen-bond acceptors (Lipinski definition) is 2. The van der Waals surface area contributed by atoms with E-state index >= 15 is 0 Å². The van der Waals surface area contributed by atoms with Crippen molar-refractivity contribution in [2.45, 2.75) is 0 Å². The summed E-state index contributed by atoms with van der Waals surface area (Å²) in [6, 6.07) is 7.79. The molecule has 2 aromatic carbocycles. The molecular formula is C14H10Cl4N4O2. The Morgan fingerprint density at radius 1 is 0.625 bits per heavy atom. The summed E-state index contributed by atoms with van der Waals surface area (Å²) in [4.78, 5) is 23.4. The standard InChI is InChI=1S/C14H10Cl4N4O2/c15-9-3-1-7(5-11(9)17)19-13(23)21-22-14(24)20-8-2-4-10(16)12(18)6-8/h1-6H,(H2,19,21,23)(H2,20,22,24). The van der Waals surface area contributed by atoms with Crippen LogP contribution in [0.2, 0.25) is 20.1 Å². The average molecular weight is 408 g/mol. The highest BCUT2D eigenvalue weighted by molar-refractivity contribution is 6.42. The summed E-state index contributed by atoms with van der Waals surface area (Å²) in [5.41, 5.74) is 5.15. The van der Waals surface area contributed by atoms with Gasteiger partial charge in [-0.1, -0.05) is 46.4 Å². The highest BCUT2D eigenvalue weighted by Crippen LogP contribution is 2.25. The van der Waals surface area contributed by atoms with Gasteiger partial charge in [0.05, 0.1) is 20.1 Å². The van der Waals surface area contributed by atoms with Crippen LogP contribution in [0.1, 0.15) is 0 Å². The molecule has 0 aromatic heterocycles. The normalized spacial score (nSPS) is 10.0. The van der Waals surface area contributed by atoms with Crippen molar-refractivity contribution in [2.24, 2.45) is 0 Å². The molecule has 0 radical (unpaired) electrons. The minimum Gasteiger partial charge on any atom is -0.307 e. The van der Waals surface area contributed by atoms with Gasteiger partial charge in [-0.3, -0.25) is 0 Å². The Labute approximate surface area is 157 Å². The fraction of sp³-hybridized carbons (Fsp3) is 0. The van der Waals surface area contributed by atoms with Gasteiger partial charge in [0.15, 0.2) is 0 Å². The minimum atomic E-state index is -0.669. The minimum absolute atomic E-state index is 0.291. The third-order valence-electron chi connectivity index (χ3n) is 2.64. The first-order valence-electron chi connectivity index (χ1n) is 6.39. The Kier molecular flexibility index (Phi) is 6.39. The lowest BCUT2D eigenvalue weighted by Crippen LogP contribution is -2.45. The molecule has 24 heavy (non-hydrogen) atoms. The highest BCUT2D eigenvalue weighted by atomic mass is 35.5. The SMILES string of the molecule is O=C(NNC(=O)Nc1ccc(Cl)c(Cl)c1)Nc1ccc(Cl)c(Cl)c1.